The third-order valence-corrected chi connectivity index (χ3v) is 2.48. The molecule has 1 saturated heterocycles. The number of hydrogen-bond donors (Lipinski definition) is 1. The Morgan fingerprint density at radius 3 is 2.71 bits per heavy atom. The second kappa shape index (κ2) is 4.71. The number of benzene rings is 1. The Labute approximate surface area is 87.9 Å². The van der Waals surface area contributed by atoms with E-state index in [9.17, 15) is 8.78 Å². The Morgan fingerprint density at radius 2 is 2.07 bits per heavy atom. The average molecular weight is 220 g/mol. The van der Waals surface area contributed by atoms with Crippen LogP contribution >= 0.6 is 12.4 Å². The van der Waals surface area contributed by atoms with E-state index in [0.717, 1.165) is 25.6 Å². The first-order valence-electron chi connectivity index (χ1n) is 4.43. The molecular formula is C10H12ClF2N. The smallest absolute Gasteiger partial charge is 0.162 e. The maximum Gasteiger partial charge on any atom is 0.162 e. The summed E-state index contributed by atoms with van der Waals surface area (Å²) >= 11 is 0. The van der Waals surface area contributed by atoms with Crippen LogP contribution in [0.5, 0.6) is 0 Å². The molecule has 1 aromatic rings. The molecule has 0 aliphatic carbocycles. The zero-order valence-corrected chi connectivity index (χ0v) is 8.41. The molecule has 0 radical (unpaired) electrons. The topological polar surface area (TPSA) is 12.0 Å². The van der Waals surface area contributed by atoms with Crippen molar-refractivity contribution in [2.24, 2.45) is 0 Å². The lowest BCUT2D eigenvalue weighted by molar-refractivity contribution is 0.490. The van der Waals surface area contributed by atoms with Gasteiger partial charge >= 0.3 is 0 Å². The molecule has 1 aromatic carbocycles. The SMILES string of the molecule is Cl.Fc1cccc([C@@H]2CCNC2)c1F. The van der Waals surface area contributed by atoms with Gasteiger partial charge in [0.25, 0.3) is 0 Å². The number of nitrogens with one attached hydrogen (secondary N) is 1. The highest BCUT2D eigenvalue weighted by molar-refractivity contribution is 5.85. The summed E-state index contributed by atoms with van der Waals surface area (Å²) in [7, 11) is 0. The predicted molar refractivity (Wildman–Crippen MR) is 53.8 cm³/mol. The van der Waals surface area contributed by atoms with Gasteiger partial charge in [0.15, 0.2) is 11.6 Å². The van der Waals surface area contributed by atoms with Gasteiger partial charge in [0.2, 0.25) is 0 Å². The molecule has 0 amide bonds. The van der Waals surface area contributed by atoms with Crippen molar-refractivity contribution in [3.05, 3.63) is 35.4 Å². The van der Waals surface area contributed by atoms with E-state index in [-0.39, 0.29) is 18.3 Å². The van der Waals surface area contributed by atoms with Gasteiger partial charge in [-0.3, -0.25) is 0 Å². The lowest BCUT2D eigenvalue weighted by atomic mass is 9.98. The summed E-state index contributed by atoms with van der Waals surface area (Å²) in [6, 6.07) is 4.38. The molecular weight excluding hydrogens is 208 g/mol. The largest absolute Gasteiger partial charge is 0.316 e. The fourth-order valence-corrected chi connectivity index (χ4v) is 1.76. The van der Waals surface area contributed by atoms with Crippen molar-refractivity contribution in [3.8, 4) is 0 Å². The second-order valence-electron chi connectivity index (χ2n) is 3.33. The summed E-state index contributed by atoms with van der Waals surface area (Å²) in [5.74, 6) is -1.30. The Bertz CT molecular complexity index is 311. The second-order valence-corrected chi connectivity index (χ2v) is 3.33. The Balaban J connectivity index is 0.000000980. The highest BCUT2D eigenvalue weighted by Gasteiger charge is 2.21. The van der Waals surface area contributed by atoms with Crippen molar-refractivity contribution < 1.29 is 8.78 Å². The van der Waals surface area contributed by atoms with E-state index in [1.54, 1.807) is 12.1 Å². The van der Waals surface area contributed by atoms with E-state index >= 15 is 0 Å². The first-order valence-corrected chi connectivity index (χ1v) is 4.43. The molecule has 1 aliphatic heterocycles. The minimum Gasteiger partial charge on any atom is -0.316 e. The van der Waals surface area contributed by atoms with Crippen LogP contribution in [-0.4, -0.2) is 13.1 Å². The molecule has 4 heteroatoms. The van der Waals surface area contributed by atoms with Crippen LogP contribution in [0.1, 0.15) is 17.9 Å². The first kappa shape index (κ1) is 11.4. The quantitative estimate of drug-likeness (QED) is 0.765. The Hall–Kier alpha value is -0.670. The van der Waals surface area contributed by atoms with Crippen LogP contribution in [0.3, 0.4) is 0 Å². The molecule has 0 spiro atoms. The molecule has 1 aliphatic rings. The van der Waals surface area contributed by atoms with Crippen LogP contribution in [0.2, 0.25) is 0 Å². The van der Waals surface area contributed by atoms with Crippen LogP contribution in [0.15, 0.2) is 18.2 Å². The Morgan fingerprint density at radius 1 is 1.29 bits per heavy atom. The fraction of sp³-hybridized carbons (Fsp3) is 0.400. The zero-order chi connectivity index (χ0) is 9.26. The van der Waals surface area contributed by atoms with Gasteiger partial charge in [-0.15, -0.1) is 12.4 Å². The number of halogens is 3. The van der Waals surface area contributed by atoms with Crippen molar-refractivity contribution in [2.45, 2.75) is 12.3 Å². The highest BCUT2D eigenvalue weighted by Crippen LogP contribution is 2.25. The summed E-state index contributed by atoms with van der Waals surface area (Å²) in [6.45, 7) is 1.64. The fourth-order valence-electron chi connectivity index (χ4n) is 1.76. The molecule has 1 nitrogen and oxygen atoms in total. The van der Waals surface area contributed by atoms with Crippen molar-refractivity contribution >= 4 is 12.4 Å². The maximum absolute atomic E-state index is 13.3. The molecule has 2 rings (SSSR count). The third-order valence-electron chi connectivity index (χ3n) is 2.48. The van der Waals surface area contributed by atoms with Crippen LogP contribution in [0.4, 0.5) is 8.78 Å². The van der Waals surface area contributed by atoms with Gasteiger partial charge in [-0.1, -0.05) is 12.1 Å². The monoisotopic (exact) mass is 219 g/mol. The van der Waals surface area contributed by atoms with E-state index in [0.29, 0.717) is 5.56 Å². The summed E-state index contributed by atoms with van der Waals surface area (Å²) < 4.78 is 26.1. The van der Waals surface area contributed by atoms with Crippen molar-refractivity contribution in [3.63, 3.8) is 0 Å². The van der Waals surface area contributed by atoms with Crippen LogP contribution in [0, 0.1) is 11.6 Å². The number of rotatable bonds is 1. The van der Waals surface area contributed by atoms with Crippen molar-refractivity contribution in [1.82, 2.24) is 5.32 Å². The average Bonchev–Trinajstić information content (AvgIpc) is 2.62. The van der Waals surface area contributed by atoms with Gasteiger partial charge in [0.05, 0.1) is 0 Å². The minimum atomic E-state index is -0.746. The summed E-state index contributed by atoms with van der Waals surface area (Å²) in [4.78, 5) is 0. The van der Waals surface area contributed by atoms with Crippen LogP contribution in [-0.2, 0) is 0 Å². The van der Waals surface area contributed by atoms with E-state index in [4.69, 9.17) is 0 Å². The molecule has 0 saturated carbocycles. The van der Waals surface area contributed by atoms with Gasteiger partial charge in [0, 0.05) is 12.5 Å². The summed E-state index contributed by atoms with van der Waals surface area (Å²) in [5, 5.41) is 3.13. The predicted octanol–water partition coefficient (Wildman–Crippen LogP) is 2.46. The summed E-state index contributed by atoms with van der Waals surface area (Å²) in [5.41, 5.74) is 0.505. The maximum atomic E-state index is 13.3. The molecule has 1 atom stereocenters. The molecule has 1 N–H and O–H groups in total. The highest BCUT2D eigenvalue weighted by atomic mass is 35.5. The van der Waals surface area contributed by atoms with E-state index in [2.05, 4.69) is 5.32 Å². The zero-order valence-electron chi connectivity index (χ0n) is 7.59. The minimum absolute atomic E-state index is 0. The molecule has 14 heavy (non-hydrogen) atoms. The lowest BCUT2D eigenvalue weighted by Crippen LogP contribution is -2.09. The van der Waals surface area contributed by atoms with Gasteiger partial charge in [-0.2, -0.15) is 0 Å². The first-order chi connectivity index (χ1) is 6.29. The van der Waals surface area contributed by atoms with E-state index in [1.807, 2.05) is 0 Å². The molecule has 1 heterocycles. The molecule has 78 valence electrons. The van der Waals surface area contributed by atoms with Crippen LogP contribution in [0.25, 0.3) is 0 Å². The molecule has 0 bridgehead atoms. The normalized spacial score (nSPS) is 20.6. The van der Waals surface area contributed by atoms with Crippen molar-refractivity contribution in [1.29, 1.82) is 0 Å². The summed E-state index contributed by atoms with van der Waals surface area (Å²) in [6.07, 6.45) is 0.889. The number of hydrogen-bond acceptors (Lipinski definition) is 1. The molecule has 0 unspecified atom stereocenters. The standard InChI is InChI=1S/C10H11F2N.ClH/c11-9-3-1-2-8(10(9)12)7-4-5-13-6-7;/h1-3,7,13H,4-6H2;1H/t7-;/m1./s1. The van der Waals surface area contributed by atoms with Gasteiger partial charge in [-0.25, -0.2) is 8.78 Å². The molecule has 0 aromatic heterocycles. The van der Waals surface area contributed by atoms with Crippen molar-refractivity contribution in [2.75, 3.05) is 13.1 Å². The van der Waals surface area contributed by atoms with E-state index in [1.165, 1.54) is 0 Å². The third kappa shape index (κ3) is 2.04. The van der Waals surface area contributed by atoms with Crippen LogP contribution < -0.4 is 5.32 Å². The Kier molecular flexibility index (Phi) is 3.84. The lowest BCUT2D eigenvalue weighted by Gasteiger charge is -2.09. The van der Waals surface area contributed by atoms with Gasteiger partial charge in [-0.05, 0) is 24.6 Å². The molecule has 1 fully saturated rings. The van der Waals surface area contributed by atoms with E-state index < -0.39 is 11.6 Å². The van der Waals surface area contributed by atoms with Gasteiger partial charge < -0.3 is 5.32 Å². The van der Waals surface area contributed by atoms with Gasteiger partial charge in [0.1, 0.15) is 0 Å².